The summed E-state index contributed by atoms with van der Waals surface area (Å²) in [6.07, 6.45) is -0.614. The molecule has 2 rings (SSSR count). The summed E-state index contributed by atoms with van der Waals surface area (Å²) >= 11 is 0. The number of hydrogen-bond acceptors (Lipinski definition) is 6. The molecule has 0 spiro atoms. The standard InChI is InChI=1S/C9H14O6/c1-6(10)12-3-8-9-7(13-5-14-8)2-11-4-15-9/h7-9H,2-5H2,1H3. The Labute approximate surface area is 87.4 Å². The Morgan fingerprint density at radius 3 is 3.00 bits per heavy atom. The minimum absolute atomic E-state index is 0.131. The summed E-state index contributed by atoms with van der Waals surface area (Å²) < 4.78 is 26.0. The third kappa shape index (κ3) is 2.66. The van der Waals surface area contributed by atoms with Crippen LogP contribution in [0, 0.1) is 0 Å². The van der Waals surface area contributed by atoms with Crippen LogP contribution in [-0.4, -0.2) is 51.1 Å². The lowest BCUT2D eigenvalue weighted by molar-refractivity contribution is -0.305. The molecular formula is C9H14O6. The Morgan fingerprint density at radius 2 is 2.20 bits per heavy atom. The number of esters is 1. The first-order valence-corrected chi connectivity index (χ1v) is 4.83. The molecule has 0 aliphatic carbocycles. The monoisotopic (exact) mass is 218 g/mol. The van der Waals surface area contributed by atoms with Gasteiger partial charge in [0.1, 0.15) is 38.5 Å². The third-order valence-electron chi connectivity index (χ3n) is 2.37. The van der Waals surface area contributed by atoms with E-state index >= 15 is 0 Å². The molecule has 2 fully saturated rings. The highest BCUT2D eigenvalue weighted by atomic mass is 16.8. The molecule has 15 heavy (non-hydrogen) atoms. The molecule has 0 aromatic heterocycles. The van der Waals surface area contributed by atoms with Crippen molar-refractivity contribution in [2.45, 2.75) is 25.2 Å². The lowest BCUT2D eigenvalue weighted by Crippen LogP contribution is -2.54. The molecule has 0 aromatic carbocycles. The first-order chi connectivity index (χ1) is 7.27. The molecule has 0 bridgehead atoms. The highest BCUT2D eigenvalue weighted by Gasteiger charge is 2.39. The van der Waals surface area contributed by atoms with E-state index in [1.165, 1.54) is 6.92 Å². The number of carbonyl (C=O) groups is 1. The second-order valence-electron chi connectivity index (χ2n) is 3.45. The second-order valence-corrected chi connectivity index (χ2v) is 3.45. The second kappa shape index (κ2) is 4.89. The average Bonchev–Trinajstić information content (AvgIpc) is 2.26. The normalized spacial score (nSPS) is 35.7. The van der Waals surface area contributed by atoms with E-state index in [9.17, 15) is 4.79 Å². The fraction of sp³-hybridized carbons (Fsp3) is 0.889. The summed E-state index contributed by atoms with van der Waals surface area (Å²) in [6.45, 7) is 2.45. The summed E-state index contributed by atoms with van der Waals surface area (Å²) in [6, 6.07) is 0. The van der Waals surface area contributed by atoms with Gasteiger partial charge in [0.25, 0.3) is 0 Å². The van der Waals surface area contributed by atoms with E-state index in [0.29, 0.717) is 6.61 Å². The fourth-order valence-electron chi connectivity index (χ4n) is 1.63. The highest BCUT2D eigenvalue weighted by molar-refractivity contribution is 5.65. The number of carbonyl (C=O) groups excluding carboxylic acids is 1. The SMILES string of the molecule is CC(=O)OCC1OCOC2COCOC21. The molecule has 2 aliphatic rings. The van der Waals surface area contributed by atoms with E-state index in [1.807, 2.05) is 0 Å². The molecule has 0 saturated carbocycles. The maximum absolute atomic E-state index is 10.7. The number of fused-ring (bicyclic) bond motifs is 1. The fourth-order valence-corrected chi connectivity index (χ4v) is 1.63. The summed E-state index contributed by atoms with van der Waals surface area (Å²) in [7, 11) is 0. The average molecular weight is 218 g/mol. The molecule has 0 N–H and O–H groups in total. The largest absolute Gasteiger partial charge is 0.463 e. The van der Waals surface area contributed by atoms with Gasteiger partial charge in [-0.15, -0.1) is 0 Å². The Balaban J connectivity index is 1.88. The summed E-state index contributed by atoms with van der Waals surface area (Å²) in [5.74, 6) is -0.325. The molecular weight excluding hydrogens is 204 g/mol. The molecule has 3 atom stereocenters. The Morgan fingerprint density at radius 1 is 1.33 bits per heavy atom. The van der Waals surface area contributed by atoms with Gasteiger partial charge >= 0.3 is 5.97 Å². The van der Waals surface area contributed by atoms with Crippen LogP contribution < -0.4 is 0 Å². The molecule has 0 aromatic rings. The van der Waals surface area contributed by atoms with Crippen LogP contribution in [0.5, 0.6) is 0 Å². The van der Waals surface area contributed by atoms with Gasteiger partial charge in [0, 0.05) is 6.92 Å². The molecule has 0 amide bonds. The first-order valence-electron chi connectivity index (χ1n) is 4.83. The minimum atomic E-state index is -0.325. The van der Waals surface area contributed by atoms with Crippen LogP contribution in [0.3, 0.4) is 0 Å². The van der Waals surface area contributed by atoms with Gasteiger partial charge in [-0.1, -0.05) is 0 Å². The zero-order valence-electron chi connectivity index (χ0n) is 8.51. The molecule has 2 saturated heterocycles. The van der Waals surface area contributed by atoms with Gasteiger partial charge in [0.15, 0.2) is 0 Å². The van der Waals surface area contributed by atoms with Gasteiger partial charge in [0.05, 0.1) is 6.61 Å². The zero-order chi connectivity index (χ0) is 10.7. The van der Waals surface area contributed by atoms with Gasteiger partial charge < -0.3 is 23.7 Å². The van der Waals surface area contributed by atoms with E-state index in [-0.39, 0.29) is 44.5 Å². The minimum Gasteiger partial charge on any atom is -0.463 e. The van der Waals surface area contributed by atoms with Crippen LogP contribution in [-0.2, 0) is 28.5 Å². The summed E-state index contributed by atoms with van der Waals surface area (Å²) in [5.41, 5.74) is 0. The molecule has 6 nitrogen and oxygen atoms in total. The van der Waals surface area contributed by atoms with Crippen molar-refractivity contribution in [2.75, 3.05) is 26.8 Å². The van der Waals surface area contributed by atoms with Crippen molar-refractivity contribution < 1.29 is 28.5 Å². The van der Waals surface area contributed by atoms with Gasteiger partial charge in [0.2, 0.25) is 0 Å². The molecule has 6 heteroatoms. The van der Waals surface area contributed by atoms with Crippen molar-refractivity contribution in [2.24, 2.45) is 0 Å². The zero-order valence-corrected chi connectivity index (χ0v) is 8.51. The van der Waals surface area contributed by atoms with E-state index in [2.05, 4.69) is 0 Å². The quantitative estimate of drug-likeness (QED) is 0.591. The summed E-state index contributed by atoms with van der Waals surface area (Å²) in [5, 5.41) is 0. The van der Waals surface area contributed by atoms with Crippen molar-refractivity contribution in [3.05, 3.63) is 0 Å². The molecule has 86 valence electrons. The first kappa shape index (κ1) is 10.8. The van der Waals surface area contributed by atoms with Crippen molar-refractivity contribution in [1.29, 1.82) is 0 Å². The lowest BCUT2D eigenvalue weighted by Gasteiger charge is -2.39. The Hall–Kier alpha value is -0.690. The number of ether oxygens (including phenoxy) is 5. The molecule has 2 aliphatic heterocycles. The van der Waals surface area contributed by atoms with Crippen LogP contribution in [0.2, 0.25) is 0 Å². The van der Waals surface area contributed by atoms with E-state index in [1.54, 1.807) is 0 Å². The van der Waals surface area contributed by atoms with Gasteiger partial charge in [-0.2, -0.15) is 0 Å². The van der Waals surface area contributed by atoms with E-state index in [0.717, 1.165) is 0 Å². The highest BCUT2D eigenvalue weighted by Crippen LogP contribution is 2.21. The van der Waals surface area contributed by atoms with Crippen LogP contribution >= 0.6 is 0 Å². The van der Waals surface area contributed by atoms with E-state index in [4.69, 9.17) is 23.7 Å². The van der Waals surface area contributed by atoms with Crippen molar-refractivity contribution in [1.82, 2.24) is 0 Å². The molecule has 2 heterocycles. The maximum atomic E-state index is 10.7. The lowest BCUT2D eigenvalue weighted by atomic mass is 10.1. The number of hydrogen-bond donors (Lipinski definition) is 0. The van der Waals surface area contributed by atoms with Crippen molar-refractivity contribution in [3.8, 4) is 0 Å². The van der Waals surface area contributed by atoms with Crippen molar-refractivity contribution >= 4 is 5.97 Å². The summed E-state index contributed by atoms with van der Waals surface area (Å²) in [4.78, 5) is 10.7. The van der Waals surface area contributed by atoms with Gasteiger partial charge in [-0.05, 0) is 0 Å². The Bertz CT molecular complexity index is 229. The maximum Gasteiger partial charge on any atom is 0.302 e. The van der Waals surface area contributed by atoms with Crippen LogP contribution in [0.1, 0.15) is 6.92 Å². The van der Waals surface area contributed by atoms with Crippen LogP contribution in [0.15, 0.2) is 0 Å². The van der Waals surface area contributed by atoms with Crippen LogP contribution in [0.4, 0.5) is 0 Å². The molecule has 3 unspecified atom stereocenters. The predicted octanol–water partition coefficient (Wildman–Crippen LogP) is -0.336. The third-order valence-corrected chi connectivity index (χ3v) is 2.37. The smallest absolute Gasteiger partial charge is 0.302 e. The van der Waals surface area contributed by atoms with Crippen LogP contribution in [0.25, 0.3) is 0 Å². The van der Waals surface area contributed by atoms with Crippen molar-refractivity contribution in [3.63, 3.8) is 0 Å². The van der Waals surface area contributed by atoms with E-state index < -0.39 is 0 Å². The predicted molar refractivity (Wildman–Crippen MR) is 46.9 cm³/mol. The van der Waals surface area contributed by atoms with Gasteiger partial charge in [-0.25, -0.2) is 0 Å². The topological polar surface area (TPSA) is 63.2 Å². The Kier molecular flexibility index (Phi) is 3.53. The van der Waals surface area contributed by atoms with Gasteiger partial charge in [-0.3, -0.25) is 4.79 Å². The molecule has 0 radical (unpaired) electrons. The number of rotatable bonds is 2.